The van der Waals surface area contributed by atoms with Crippen molar-refractivity contribution in [2.75, 3.05) is 0 Å². The molecule has 2 saturated carbocycles. The van der Waals surface area contributed by atoms with E-state index in [9.17, 15) is 19.5 Å². The number of ketones is 1. The predicted octanol–water partition coefficient (Wildman–Crippen LogP) is 5.10. The summed E-state index contributed by atoms with van der Waals surface area (Å²) in [6.07, 6.45) is 0.328. The number of carbonyl (C=O) groups excluding carboxylic acids is 3. The fourth-order valence-electron chi connectivity index (χ4n) is 8.01. The topological polar surface area (TPSA) is 108 Å². The second-order valence-electron chi connectivity index (χ2n) is 13.4. The quantitative estimate of drug-likeness (QED) is 0.299. The molecule has 3 fully saturated rings. The molecule has 0 aromatic heterocycles. The van der Waals surface area contributed by atoms with Gasteiger partial charge in [0.1, 0.15) is 17.8 Å². The molecule has 0 radical (unpaired) electrons. The summed E-state index contributed by atoms with van der Waals surface area (Å²) in [5, 5.41) is 12.2. The lowest BCUT2D eigenvalue weighted by Gasteiger charge is -2.61. The number of hydrogen-bond donors (Lipinski definition) is 1. The van der Waals surface area contributed by atoms with Gasteiger partial charge in [-0.1, -0.05) is 57.7 Å². The number of Topliss-reactive ketones (excluding diaryl/α,β-unsaturated/α-hetero) is 1. The van der Waals surface area contributed by atoms with Crippen LogP contribution in [0.2, 0.25) is 0 Å². The van der Waals surface area contributed by atoms with Crippen LogP contribution in [0.1, 0.15) is 73.3 Å². The molecule has 4 aliphatic rings. The van der Waals surface area contributed by atoms with Crippen LogP contribution >= 0.6 is 0 Å². The largest absolute Gasteiger partial charge is 0.455 e. The van der Waals surface area contributed by atoms with E-state index in [0.29, 0.717) is 29.6 Å². The molecule has 2 bridgehead atoms. The van der Waals surface area contributed by atoms with Gasteiger partial charge in [0.05, 0.1) is 6.10 Å². The highest BCUT2D eigenvalue weighted by atomic mass is 16.8. The lowest BCUT2D eigenvalue weighted by atomic mass is 9.48. The van der Waals surface area contributed by atoms with Gasteiger partial charge in [-0.3, -0.25) is 9.59 Å². The van der Waals surface area contributed by atoms with Crippen LogP contribution in [0.5, 0.6) is 0 Å². The Morgan fingerprint density at radius 3 is 2.40 bits per heavy atom. The minimum absolute atomic E-state index is 0.0520. The van der Waals surface area contributed by atoms with Gasteiger partial charge in [-0.05, 0) is 62.0 Å². The van der Waals surface area contributed by atoms with Gasteiger partial charge in [0.15, 0.2) is 17.7 Å². The molecular formula is C34H42O8. The zero-order chi connectivity index (χ0) is 30.8. The molecule has 3 aliphatic carbocycles. The van der Waals surface area contributed by atoms with Gasteiger partial charge in [0.25, 0.3) is 0 Å². The maximum atomic E-state index is 13.7. The number of carbonyl (C=O) groups is 3. The lowest BCUT2D eigenvalue weighted by molar-refractivity contribution is -0.197. The van der Waals surface area contributed by atoms with Crippen molar-refractivity contribution in [3.63, 3.8) is 0 Å². The number of aliphatic hydroxyl groups excluding tert-OH is 1. The Morgan fingerprint density at radius 1 is 1.10 bits per heavy atom. The number of benzene rings is 1. The standard InChI is InChI=1S/C34H42O8/c1-19-23(36)18-34-30(41-32(6,7)42-34)27-20(2)24(40-25(37)15-14-22-12-10-9-11-13-22)16-17-33(27,8)29(38)28(39-21(3)35)26(19)31(34,4)5/h9-15,24,27-30,38H,2,16-18H2,1,3-8H3/b15-14+/t24-,27-,28+,29-,30-,33+,34+/m0/s1. The van der Waals surface area contributed by atoms with Crippen LogP contribution in [0.4, 0.5) is 0 Å². The first-order chi connectivity index (χ1) is 19.5. The number of aliphatic hydroxyl groups is 1. The Morgan fingerprint density at radius 2 is 1.76 bits per heavy atom. The third kappa shape index (κ3) is 4.68. The van der Waals surface area contributed by atoms with Crippen LogP contribution in [-0.2, 0) is 33.3 Å². The summed E-state index contributed by atoms with van der Waals surface area (Å²) in [6.45, 7) is 16.9. The van der Waals surface area contributed by atoms with Crippen LogP contribution in [0, 0.1) is 16.7 Å². The summed E-state index contributed by atoms with van der Waals surface area (Å²) in [6, 6.07) is 9.45. The van der Waals surface area contributed by atoms with Crippen molar-refractivity contribution in [3.8, 4) is 0 Å². The minimum atomic E-state index is -1.20. The molecule has 0 unspecified atom stereocenters. The first kappa shape index (κ1) is 30.4. The van der Waals surface area contributed by atoms with E-state index in [0.717, 1.165) is 5.56 Å². The van der Waals surface area contributed by atoms with Crippen molar-refractivity contribution in [2.45, 2.75) is 104 Å². The van der Waals surface area contributed by atoms with Gasteiger partial charge in [0.2, 0.25) is 0 Å². The average molecular weight is 579 g/mol. The van der Waals surface area contributed by atoms with Gasteiger partial charge >= 0.3 is 11.9 Å². The zero-order valence-electron chi connectivity index (χ0n) is 25.6. The first-order valence-electron chi connectivity index (χ1n) is 14.6. The highest BCUT2D eigenvalue weighted by Gasteiger charge is 2.72. The molecule has 7 atom stereocenters. The summed E-state index contributed by atoms with van der Waals surface area (Å²) in [7, 11) is 0. The maximum absolute atomic E-state index is 13.7. The van der Waals surface area contributed by atoms with Gasteiger partial charge < -0.3 is 24.1 Å². The van der Waals surface area contributed by atoms with E-state index in [4.69, 9.17) is 18.9 Å². The smallest absolute Gasteiger partial charge is 0.331 e. The zero-order valence-corrected chi connectivity index (χ0v) is 25.6. The molecule has 5 rings (SSSR count). The highest BCUT2D eigenvalue weighted by molar-refractivity contribution is 5.98. The van der Waals surface area contributed by atoms with Gasteiger partial charge in [0, 0.05) is 36.2 Å². The van der Waals surface area contributed by atoms with Crippen LogP contribution in [-0.4, -0.2) is 58.6 Å². The number of hydrogen-bond acceptors (Lipinski definition) is 8. The number of esters is 2. The van der Waals surface area contributed by atoms with E-state index in [1.165, 1.54) is 13.0 Å². The van der Waals surface area contributed by atoms with Crippen LogP contribution < -0.4 is 0 Å². The molecule has 8 nitrogen and oxygen atoms in total. The molecule has 1 aromatic rings. The molecule has 1 spiro atoms. The highest BCUT2D eigenvalue weighted by Crippen LogP contribution is 2.65. The van der Waals surface area contributed by atoms with Crippen molar-refractivity contribution in [3.05, 3.63) is 65.3 Å². The summed E-state index contributed by atoms with van der Waals surface area (Å²) >= 11 is 0. The van der Waals surface area contributed by atoms with Crippen molar-refractivity contribution in [1.29, 1.82) is 0 Å². The van der Waals surface area contributed by atoms with E-state index in [1.807, 2.05) is 65.0 Å². The molecule has 1 saturated heterocycles. The Hall–Kier alpha value is -3.07. The molecule has 1 N–H and O–H groups in total. The fraction of sp³-hybridized carbons (Fsp3) is 0.559. The molecule has 8 heteroatoms. The van der Waals surface area contributed by atoms with E-state index in [-0.39, 0.29) is 12.2 Å². The summed E-state index contributed by atoms with van der Waals surface area (Å²) in [4.78, 5) is 39.0. The van der Waals surface area contributed by atoms with Crippen LogP contribution in [0.3, 0.4) is 0 Å². The van der Waals surface area contributed by atoms with E-state index in [1.54, 1.807) is 13.0 Å². The Kier molecular flexibility index (Phi) is 7.44. The molecule has 0 amide bonds. The molecule has 1 aliphatic heterocycles. The van der Waals surface area contributed by atoms with Gasteiger partial charge in [-0.25, -0.2) is 4.79 Å². The van der Waals surface area contributed by atoms with Gasteiger partial charge in [-0.15, -0.1) is 0 Å². The second kappa shape index (κ2) is 10.3. The minimum Gasteiger partial charge on any atom is -0.455 e. The van der Waals surface area contributed by atoms with Crippen molar-refractivity contribution >= 4 is 23.8 Å². The number of rotatable bonds is 4. The van der Waals surface area contributed by atoms with Crippen LogP contribution in [0.25, 0.3) is 6.08 Å². The third-order valence-electron chi connectivity index (χ3n) is 10.1. The molecular weight excluding hydrogens is 536 g/mol. The van der Waals surface area contributed by atoms with Crippen molar-refractivity contribution in [1.82, 2.24) is 0 Å². The maximum Gasteiger partial charge on any atom is 0.331 e. The Bertz CT molecular complexity index is 1370. The average Bonchev–Trinajstić information content (AvgIpc) is 3.18. The van der Waals surface area contributed by atoms with Crippen molar-refractivity contribution in [2.24, 2.45) is 16.7 Å². The number of allylic oxidation sites excluding steroid dienone is 1. The number of ether oxygens (including phenoxy) is 4. The van der Waals surface area contributed by atoms with Crippen molar-refractivity contribution < 1.29 is 38.4 Å². The predicted molar refractivity (Wildman–Crippen MR) is 156 cm³/mol. The first-order valence-corrected chi connectivity index (χ1v) is 14.6. The molecule has 1 heterocycles. The summed E-state index contributed by atoms with van der Waals surface area (Å²) < 4.78 is 25.3. The molecule has 1 aromatic carbocycles. The third-order valence-corrected chi connectivity index (χ3v) is 10.1. The van der Waals surface area contributed by atoms with E-state index in [2.05, 4.69) is 6.58 Å². The number of fused-ring (bicyclic) bond motifs is 3. The van der Waals surface area contributed by atoms with E-state index >= 15 is 0 Å². The lowest BCUT2D eigenvalue weighted by Crippen LogP contribution is -2.68. The Labute approximate surface area is 247 Å². The molecule has 226 valence electrons. The molecule has 42 heavy (non-hydrogen) atoms. The second-order valence-corrected chi connectivity index (χ2v) is 13.4. The van der Waals surface area contributed by atoms with Gasteiger partial charge in [-0.2, -0.15) is 0 Å². The van der Waals surface area contributed by atoms with Crippen LogP contribution in [0.15, 0.2) is 59.7 Å². The summed E-state index contributed by atoms with van der Waals surface area (Å²) in [5.41, 5.74) is -0.484. The SMILES string of the molecule is C=C1[C@@H](OC(=O)/C=C/c2ccccc2)CC[C@@]2(C)[C@@H](O)[C@H](OC(C)=O)C3=C(C)C(=O)C[C@]4(OC(C)(C)O[C@H]4[C@H]12)C3(C)C. The van der Waals surface area contributed by atoms with E-state index < -0.39 is 64.5 Å². The summed E-state index contributed by atoms with van der Waals surface area (Å²) in [5.74, 6) is -2.88. The normalized spacial score (nSPS) is 37.0. The fourth-order valence-corrected chi connectivity index (χ4v) is 8.01. The Balaban J connectivity index is 1.60. The monoisotopic (exact) mass is 578 g/mol.